The molecule has 1 N–H and O–H groups in total. The molecule has 1 aromatic carbocycles. The number of nitrogens with one attached hydrogen (secondary N) is 1. The Morgan fingerprint density at radius 1 is 1.19 bits per heavy atom. The molecule has 1 heterocycles. The van der Waals surface area contributed by atoms with Crippen molar-refractivity contribution in [2.75, 3.05) is 27.3 Å². The van der Waals surface area contributed by atoms with Crippen molar-refractivity contribution >= 4 is 12.4 Å². The van der Waals surface area contributed by atoms with Gasteiger partial charge in [-0.05, 0) is 36.6 Å². The summed E-state index contributed by atoms with van der Waals surface area (Å²) in [5, 5.41) is 3.36. The van der Waals surface area contributed by atoms with Crippen molar-refractivity contribution in [2.45, 2.75) is 12.3 Å². The number of rotatable bonds is 3. The summed E-state index contributed by atoms with van der Waals surface area (Å²) in [5.74, 6) is 2.24. The van der Waals surface area contributed by atoms with E-state index >= 15 is 0 Å². The van der Waals surface area contributed by atoms with Crippen molar-refractivity contribution < 1.29 is 9.47 Å². The van der Waals surface area contributed by atoms with E-state index in [0.717, 1.165) is 24.6 Å². The van der Waals surface area contributed by atoms with Crippen LogP contribution in [0.4, 0.5) is 0 Å². The van der Waals surface area contributed by atoms with Gasteiger partial charge in [0.15, 0.2) is 11.5 Å². The molecular weight excluding hydrogens is 226 g/mol. The van der Waals surface area contributed by atoms with E-state index in [4.69, 9.17) is 9.47 Å². The zero-order valence-electron chi connectivity index (χ0n) is 9.66. The van der Waals surface area contributed by atoms with Crippen LogP contribution in [0.2, 0.25) is 0 Å². The predicted octanol–water partition coefficient (Wildman–Crippen LogP) is 2.20. The zero-order chi connectivity index (χ0) is 10.7. The standard InChI is InChI=1S/C12H17NO2.ClH/c1-14-11-4-3-9(7-12(11)15-2)10-5-6-13-8-10;/h3-4,7,10,13H,5-6,8H2,1-2H3;1H/t10-;/m1./s1. The third-order valence-electron chi connectivity index (χ3n) is 2.94. The Bertz CT molecular complexity index is 338. The molecule has 1 aromatic rings. The third-order valence-corrected chi connectivity index (χ3v) is 2.94. The summed E-state index contributed by atoms with van der Waals surface area (Å²) in [5.41, 5.74) is 1.33. The summed E-state index contributed by atoms with van der Waals surface area (Å²) in [6.07, 6.45) is 1.20. The number of methoxy groups -OCH3 is 2. The van der Waals surface area contributed by atoms with Gasteiger partial charge in [0.1, 0.15) is 0 Å². The van der Waals surface area contributed by atoms with Crippen LogP contribution >= 0.6 is 12.4 Å². The lowest BCUT2D eigenvalue weighted by molar-refractivity contribution is 0.354. The molecule has 0 unspecified atom stereocenters. The van der Waals surface area contributed by atoms with E-state index in [-0.39, 0.29) is 12.4 Å². The van der Waals surface area contributed by atoms with E-state index in [9.17, 15) is 0 Å². The first-order valence-corrected chi connectivity index (χ1v) is 5.28. The molecule has 0 aromatic heterocycles. The van der Waals surface area contributed by atoms with Gasteiger partial charge >= 0.3 is 0 Å². The molecule has 3 nitrogen and oxygen atoms in total. The first-order chi connectivity index (χ1) is 7.35. The Labute approximate surface area is 103 Å². The normalized spacial score (nSPS) is 19.0. The van der Waals surface area contributed by atoms with Gasteiger partial charge in [-0.2, -0.15) is 0 Å². The van der Waals surface area contributed by atoms with Gasteiger partial charge in [0.05, 0.1) is 14.2 Å². The Hall–Kier alpha value is -0.930. The second-order valence-electron chi connectivity index (χ2n) is 3.80. The first kappa shape index (κ1) is 13.1. The minimum atomic E-state index is 0. The molecule has 1 aliphatic heterocycles. The molecule has 2 rings (SSSR count). The average Bonchev–Trinajstić information content (AvgIpc) is 2.81. The summed E-state index contributed by atoms with van der Waals surface area (Å²) >= 11 is 0. The topological polar surface area (TPSA) is 30.5 Å². The molecule has 1 saturated heterocycles. The van der Waals surface area contributed by atoms with Crippen LogP contribution in [0.5, 0.6) is 11.5 Å². The fourth-order valence-corrected chi connectivity index (χ4v) is 2.05. The van der Waals surface area contributed by atoms with Crippen LogP contribution in [0.3, 0.4) is 0 Å². The first-order valence-electron chi connectivity index (χ1n) is 5.28. The number of halogens is 1. The quantitative estimate of drug-likeness (QED) is 0.883. The van der Waals surface area contributed by atoms with E-state index in [1.165, 1.54) is 12.0 Å². The van der Waals surface area contributed by atoms with Gasteiger partial charge in [-0.15, -0.1) is 12.4 Å². The van der Waals surface area contributed by atoms with E-state index < -0.39 is 0 Å². The summed E-state index contributed by atoms with van der Waals surface area (Å²) in [4.78, 5) is 0. The van der Waals surface area contributed by atoms with Crippen LogP contribution in [0.15, 0.2) is 18.2 Å². The average molecular weight is 244 g/mol. The lowest BCUT2D eigenvalue weighted by Gasteiger charge is -2.13. The van der Waals surface area contributed by atoms with Crippen molar-refractivity contribution in [3.63, 3.8) is 0 Å². The Kier molecular flexibility index (Phi) is 4.90. The van der Waals surface area contributed by atoms with Gasteiger partial charge in [-0.1, -0.05) is 6.07 Å². The maximum absolute atomic E-state index is 5.29. The van der Waals surface area contributed by atoms with Crippen LogP contribution in [-0.2, 0) is 0 Å². The van der Waals surface area contributed by atoms with E-state index in [1.54, 1.807) is 14.2 Å². The third kappa shape index (κ3) is 2.60. The fraction of sp³-hybridized carbons (Fsp3) is 0.500. The largest absolute Gasteiger partial charge is 0.493 e. The Balaban J connectivity index is 0.00000128. The predicted molar refractivity (Wildman–Crippen MR) is 67.0 cm³/mol. The molecule has 0 radical (unpaired) electrons. The highest BCUT2D eigenvalue weighted by atomic mass is 35.5. The van der Waals surface area contributed by atoms with Crippen LogP contribution in [0.1, 0.15) is 17.9 Å². The van der Waals surface area contributed by atoms with E-state index in [0.29, 0.717) is 5.92 Å². The molecule has 0 aliphatic carbocycles. The van der Waals surface area contributed by atoms with Gasteiger partial charge in [-0.3, -0.25) is 0 Å². The highest BCUT2D eigenvalue weighted by Gasteiger charge is 2.17. The second-order valence-corrected chi connectivity index (χ2v) is 3.80. The number of ether oxygens (including phenoxy) is 2. The minimum Gasteiger partial charge on any atom is -0.493 e. The van der Waals surface area contributed by atoms with Crippen molar-refractivity contribution in [1.29, 1.82) is 0 Å². The van der Waals surface area contributed by atoms with Gasteiger partial charge in [-0.25, -0.2) is 0 Å². The lowest BCUT2D eigenvalue weighted by Crippen LogP contribution is -2.08. The Morgan fingerprint density at radius 3 is 2.50 bits per heavy atom. The fourth-order valence-electron chi connectivity index (χ4n) is 2.05. The molecule has 16 heavy (non-hydrogen) atoms. The molecule has 4 heteroatoms. The van der Waals surface area contributed by atoms with E-state index in [1.807, 2.05) is 6.07 Å². The molecule has 0 saturated carbocycles. The van der Waals surface area contributed by atoms with Crippen LogP contribution in [-0.4, -0.2) is 27.3 Å². The zero-order valence-corrected chi connectivity index (χ0v) is 10.5. The van der Waals surface area contributed by atoms with Crippen molar-refractivity contribution in [3.8, 4) is 11.5 Å². The lowest BCUT2D eigenvalue weighted by atomic mass is 9.98. The monoisotopic (exact) mass is 243 g/mol. The van der Waals surface area contributed by atoms with E-state index in [2.05, 4.69) is 17.4 Å². The molecule has 1 aliphatic rings. The number of hydrogen-bond donors (Lipinski definition) is 1. The summed E-state index contributed by atoms with van der Waals surface area (Å²) in [7, 11) is 3.34. The van der Waals surface area contributed by atoms with Crippen LogP contribution < -0.4 is 14.8 Å². The molecule has 90 valence electrons. The molecule has 0 amide bonds. The van der Waals surface area contributed by atoms with Crippen LogP contribution in [0, 0.1) is 0 Å². The number of hydrogen-bond acceptors (Lipinski definition) is 3. The Morgan fingerprint density at radius 2 is 1.94 bits per heavy atom. The second kappa shape index (κ2) is 5.97. The minimum absolute atomic E-state index is 0. The van der Waals surface area contributed by atoms with Crippen LogP contribution in [0.25, 0.3) is 0 Å². The molecule has 1 fully saturated rings. The smallest absolute Gasteiger partial charge is 0.160 e. The molecular formula is C12H18ClNO2. The SMILES string of the molecule is COc1ccc([C@@H]2CCNC2)cc1OC.Cl. The molecule has 0 spiro atoms. The highest BCUT2D eigenvalue weighted by Crippen LogP contribution is 2.32. The summed E-state index contributed by atoms with van der Waals surface area (Å²) in [6, 6.07) is 6.18. The van der Waals surface area contributed by atoms with Gasteiger partial charge in [0.25, 0.3) is 0 Å². The summed E-state index contributed by atoms with van der Waals surface area (Å²) < 4.78 is 10.5. The molecule has 1 atom stereocenters. The maximum atomic E-state index is 5.29. The highest BCUT2D eigenvalue weighted by molar-refractivity contribution is 5.85. The van der Waals surface area contributed by atoms with Gasteiger partial charge in [0.2, 0.25) is 0 Å². The summed E-state index contributed by atoms with van der Waals surface area (Å²) in [6.45, 7) is 2.18. The van der Waals surface area contributed by atoms with Crippen molar-refractivity contribution in [3.05, 3.63) is 23.8 Å². The molecule has 0 bridgehead atoms. The van der Waals surface area contributed by atoms with Crippen molar-refractivity contribution in [2.24, 2.45) is 0 Å². The van der Waals surface area contributed by atoms with Gasteiger partial charge in [0, 0.05) is 6.54 Å². The number of benzene rings is 1. The maximum Gasteiger partial charge on any atom is 0.160 e. The van der Waals surface area contributed by atoms with Gasteiger partial charge < -0.3 is 14.8 Å². The van der Waals surface area contributed by atoms with Crippen molar-refractivity contribution in [1.82, 2.24) is 5.32 Å².